The fourth-order valence-corrected chi connectivity index (χ4v) is 4.13. The third kappa shape index (κ3) is 5.80. The van der Waals surface area contributed by atoms with Crippen LogP contribution < -0.4 is 14.8 Å². The summed E-state index contributed by atoms with van der Waals surface area (Å²) in [6.07, 6.45) is 0. The second-order valence-corrected chi connectivity index (χ2v) is 8.98. The molecule has 0 aliphatic heterocycles. The highest BCUT2D eigenvalue weighted by Gasteiger charge is 2.16. The average molecular weight is 493 g/mol. The van der Waals surface area contributed by atoms with Crippen molar-refractivity contribution in [2.45, 2.75) is 11.8 Å². The molecule has 0 saturated carbocycles. The van der Waals surface area contributed by atoms with Gasteiger partial charge in [-0.1, -0.05) is 22.0 Å². The number of hydrogen-bond acceptors (Lipinski definition) is 4. The van der Waals surface area contributed by atoms with Crippen molar-refractivity contribution in [2.75, 3.05) is 16.6 Å². The highest BCUT2D eigenvalue weighted by molar-refractivity contribution is 9.10. The van der Waals surface area contributed by atoms with Crippen molar-refractivity contribution in [3.63, 3.8) is 0 Å². The summed E-state index contributed by atoms with van der Waals surface area (Å²) in [7, 11) is -3.85. The molecule has 3 aromatic carbocycles. The van der Waals surface area contributed by atoms with E-state index in [9.17, 15) is 17.6 Å². The number of anilines is 2. The molecule has 2 N–H and O–H groups in total. The molecule has 9 heteroatoms. The lowest BCUT2D eigenvalue weighted by atomic mass is 10.2. The highest BCUT2D eigenvalue weighted by atomic mass is 79.9. The molecule has 0 atom stereocenters. The molecule has 0 aliphatic carbocycles. The predicted molar refractivity (Wildman–Crippen MR) is 117 cm³/mol. The van der Waals surface area contributed by atoms with Crippen molar-refractivity contribution >= 4 is 43.2 Å². The van der Waals surface area contributed by atoms with Crippen molar-refractivity contribution in [2.24, 2.45) is 0 Å². The lowest BCUT2D eigenvalue weighted by molar-refractivity contribution is -0.118. The number of hydrogen-bond donors (Lipinski definition) is 2. The minimum atomic E-state index is -3.85. The molecule has 0 saturated heterocycles. The predicted octanol–water partition coefficient (Wildman–Crippen LogP) is 4.71. The van der Waals surface area contributed by atoms with Crippen LogP contribution in [-0.4, -0.2) is 20.9 Å². The van der Waals surface area contributed by atoms with E-state index in [0.29, 0.717) is 17.0 Å². The molecule has 6 nitrogen and oxygen atoms in total. The molecule has 1 amide bonds. The van der Waals surface area contributed by atoms with Crippen LogP contribution in [0.5, 0.6) is 5.75 Å². The smallest absolute Gasteiger partial charge is 0.262 e. The monoisotopic (exact) mass is 492 g/mol. The van der Waals surface area contributed by atoms with E-state index in [1.807, 2.05) is 6.07 Å². The summed E-state index contributed by atoms with van der Waals surface area (Å²) in [5.41, 5.74) is 1.42. The number of carbonyl (C=O) groups excluding carboxylic acids is 1. The van der Waals surface area contributed by atoms with Crippen LogP contribution >= 0.6 is 15.9 Å². The van der Waals surface area contributed by atoms with E-state index in [2.05, 4.69) is 26.0 Å². The number of aryl methyl sites for hydroxylation is 1. The Morgan fingerprint density at radius 3 is 2.43 bits per heavy atom. The van der Waals surface area contributed by atoms with Gasteiger partial charge < -0.3 is 10.1 Å². The van der Waals surface area contributed by atoms with Crippen molar-refractivity contribution in [1.82, 2.24) is 0 Å². The standard InChI is InChI=1S/C21H18BrFN2O4S/c1-14-11-19(30(27,28)25-17-7-5-16(23)6-8-17)9-10-20(14)29-13-21(26)24-18-4-2-3-15(22)12-18/h2-12,25H,13H2,1H3,(H,24,26). The van der Waals surface area contributed by atoms with Gasteiger partial charge in [0.25, 0.3) is 15.9 Å². The van der Waals surface area contributed by atoms with Gasteiger partial charge in [0.1, 0.15) is 11.6 Å². The minimum absolute atomic E-state index is 0.0234. The van der Waals surface area contributed by atoms with E-state index in [4.69, 9.17) is 4.74 Å². The highest BCUT2D eigenvalue weighted by Crippen LogP contribution is 2.24. The van der Waals surface area contributed by atoms with Gasteiger partial charge >= 0.3 is 0 Å². The maximum atomic E-state index is 13.0. The van der Waals surface area contributed by atoms with E-state index in [-0.39, 0.29) is 23.1 Å². The van der Waals surface area contributed by atoms with Crippen LogP contribution in [0.2, 0.25) is 0 Å². The van der Waals surface area contributed by atoms with Gasteiger partial charge in [0.15, 0.2) is 6.61 Å². The number of amides is 1. The third-order valence-electron chi connectivity index (χ3n) is 4.02. The number of ether oxygens (including phenoxy) is 1. The zero-order valence-electron chi connectivity index (χ0n) is 15.9. The Hall–Kier alpha value is -2.91. The quantitative estimate of drug-likeness (QED) is 0.499. The Morgan fingerprint density at radius 1 is 1.03 bits per heavy atom. The average Bonchev–Trinajstić information content (AvgIpc) is 2.68. The lowest BCUT2D eigenvalue weighted by Crippen LogP contribution is -2.20. The third-order valence-corrected chi connectivity index (χ3v) is 5.89. The van der Waals surface area contributed by atoms with Gasteiger partial charge in [0, 0.05) is 15.8 Å². The van der Waals surface area contributed by atoms with Crippen molar-refractivity contribution in [3.8, 4) is 5.75 Å². The zero-order valence-corrected chi connectivity index (χ0v) is 18.3. The molecule has 0 fully saturated rings. The van der Waals surface area contributed by atoms with Crippen molar-refractivity contribution < 1.29 is 22.3 Å². The first-order valence-corrected chi connectivity index (χ1v) is 11.1. The largest absolute Gasteiger partial charge is 0.483 e. The summed E-state index contributed by atoms with van der Waals surface area (Å²) in [6.45, 7) is 1.45. The first-order valence-electron chi connectivity index (χ1n) is 8.80. The molecular weight excluding hydrogens is 475 g/mol. The zero-order chi connectivity index (χ0) is 21.7. The molecule has 0 bridgehead atoms. The number of carbonyl (C=O) groups is 1. The van der Waals surface area contributed by atoms with Gasteiger partial charge in [-0.05, 0) is 73.2 Å². The Labute approximate surface area is 182 Å². The molecule has 3 aromatic rings. The van der Waals surface area contributed by atoms with Gasteiger partial charge in [-0.15, -0.1) is 0 Å². The molecule has 0 radical (unpaired) electrons. The SMILES string of the molecule is Cc1cc(S(=O)(=O)Nc2ccc(F)cc2)ccc1OCC(=O)Nc1cccc(Br)c1. The molecule has 0 unspecified atom stereocenters. The topological polar surface area (TPSA) is 84.5 Å². The van der Waals surface area contributed by atoms with Gasteiger partial charge in [0.05, 0.1) is 4.90 Å². The van der Waals surface area contributed by atoms with Crippen molar-refractivity contribution in [1.29, 1.82) is 0 Å². The van der Waals surface area contributed by atoms with E-state index >= 15 is 0 Å². The van der Waals surface area contributed by atoms with E-state index < -0.39 is 15.8 Å². The number of rotatable bonds is 7. The molecule has 30 heavy (non-hydrogen) atoms. The van der Waals surface area contributed by atoms with E-state index in [1.54, 1.807) is 25.1 Å². The molecule has 0 aromatic heterocycles. The van der Waals surface area contributed by atoms with E-state index in [0.717, 1.165) is 4.47 Å². The molecule has 0 spiro atoms. The summed E-state index contributed by atoms with van der Waals surface area (Å²) in [5.74, 6) is -0.415. The van der Waals surface area contributed by atoms with Crippen LogP contribution in [0, 0.1) is 12.7 Å². The van der Waals surface area contributed by atoms with Crippen LogP contribution in [0.4, 0.5) is 15.8 Å². The van der Waals surface area contributed by atoms with Crippen LogP contribution in [0.3, 0.4) is 0 Å². The van der Waals surface area contributed by atoms with Crippen LogP contribution in [0.25, 0.3) is 0 Å². The number of sulfonamides is 1. The Bertz CT molecular complexity index is 1170. The molecule has 0 heterocycles. The van der Waals surface area contributed by atoms with Gasteiger partial charge in [-0.25, -0.2) is 12.8 Å². The molecule has 0 aliphatic rings. The first kappa shape index (κ1) is 21.8. The lowest BCUT2D eigenvalue weighted by Gasteiger charge is -2.12. The Morgan fingerprint density at radius 2 is 1.77 bits per heavy atom. The van der Waals surface area contributed by atoms with E-state index in [1.165, 1.54) is 42.5 Å². The number of halogens is 2. The minimum Gasteiger partial charge on any atom is -0.483 e. The Balaban J connectivity index is 1.64. The normalized spacial score (nSPS) is 11.0. The summed E-state index contributed by atoms with van der Waals surface area (Å²) in [5, 5.41) is 2.71. The van der Waals surface area contributed by atoms with Gasteiger partial charge in [-0.3, -0.25) is 9.52 Å². The first-order chi connectivity index (χ1) is 14.2. The fourth-order valence-electron chi connectivity index (χ4n) is 2.59. The Kier molecular flexibility index (Phi) is 6.73. The second kappa shape index (κ2) is 9.27. The van der Waals surface area contributed by atoms with Crippen LogP contribution in [-0.2, 0) is 14.8 Å². The van der Waals surface area contributed by atoms with Gasteiger partial charge in [0.2, 0.25) is 0 Å². The summed E-state index contributed by atoms with van der Waals surface area (Å²) < 4.78 is 46.8. The molecule has 3 rings (SSSR count). The summed E-state index contributed by atoms with van der Waals surface area (Å²) in [4.78, 5) is 12.1. The molecule has 156 valence electrons. The van der Waals surface area contributed by atoms with Crippen molar-refractivity contribution in [3.05, 3.63) is 82.6 Å². The van der Waals surface area contributed by atoms with Crippen LogP contribution in [0.1, 0.15) is 5.56 Å². The maximum Gasteiger partial charge on any atom is 0.262 e. The van der Waals surface area contributed by atoms with Gasteiger partial charge in [-0.2, -0.15) is 0 Å². The number of benzene rings is 3. The second-order valence-electron chi connectivity index (χ2n) is 6.39. The fraction of sp³-hybridized carbons (Fsp3) is 0.0952. The van der Waals surface area contributed by atoms with Crippen LogP contribution in [0.15, 0.2) is 76.1 Å². The summed E-state index contributed by atoms with van der Waals surface area (Å²) in [6, 6.07) is 16.5. The number of nitrogens with one attached hydrogen (secondary N) is 2. The summed E-state index contributed by atoms with van der Waals surface area (Å²) >= 11 is 3.33. The maximum absolute atomic E-state index is 13.0. The molecular formula is C21H18BrFN2O4S.